The summed E-state index contributed by atoms with van der Waals surface area (Å²) in [4.78, 5) is 7.73. The number of aromatic amines is 1. The van der Waals surface area contributed by atoms with Crippen LogP contribution in [-0.2, 0) is 0 Å². The van der Waals surface area contributed by atoms with Gasteiger partial charge in [0.15, 0.2) is 11.6 Å². The van der Waals surface area contributed by atoms with E-state index in [1.807, 2.05) is 31.2 Å². The molecule has 2 heterocycles. The summed E-state index contributed by atoms with van der Waals surface area (Å²) < 4.78 is 5.33. The van der Waals surface area contributed by atoms with Gasteiger partial charge in [0.2, 0.25) is 0 Å². The van der Waals surface area contributed by atoms with E-state index in [9.17, 15) is 0 Å². The minimum atomic E-state index is 0.587. The molecule has 0 spiro atoms. The van der Waals surface area contributed by atoms with Crippen molar-refractivity contribution >= 4 is 23.2 Å². The lowest BCUT2D eigenvalue weighted by atomic mass is 10.1. The molecule has 0 radical (unpaired) electrons. The molecule has 19 heavy (non-hydrogen) atoms. The van der Waals surface area contributed by atoms with Crippen molar-refractivity contribution in [3.8, 4) is 22.8 Å². The Hall–Kier alpha value is -1.71. The molecule has 1 aromatic carbocycles. The third-order valence-corrected chi connectivity index (χ3v) is 3.21. The normalized spacial score (nSPS) is 10.9. The van der Waals surface area contributed by atoms with Gasteiger partial charge in [-0.15, -0.1) is 0 Å². The first kappa shape index (κ1) is 12.3. The van der Waals surface area contributed by atoms with Crippen molar-refractivity contribution in [3.05, 3.63) is 52.3 Å². The van der Waals surface area contributed by atoms with Crippen molar-refractivity contribution < 1.29 is 4.42 Å². The van der Waals surface area contributed by atoms with Gasteiger partial charge in [0.25, 0.3) is 0 Å². The zero-order chi connectivity index (χ0) is 13.4. The van der Waals surface area contributed by atoms with Gasteiger partial charge in [-0.05, 0) is 37.3 Å². The van der Waals surface area contributed by atoms with E-state index in [4.69, 9.17) is 27.6 Å². The third-order valence-electron chi connectivity index (χ3n) is 2.78. The molecule has 0 saturated heterocycles. The first-order valence-corrected chi connectivity index (χ1v) is 6.46. The quantitative estimate of drug-likeness (QED) is 0.726. The molecule has 0 aliphatic rings. The average molecular weight is 293 g/mol. The van der Waals surface area contributed by atoms with Crippen LogP contribution in [0.15, 0.2) is 41.0 Å². The number of H-pyrrole nitrogens is 1. The summed E-state index contributed by atoms with van der Waals surface area (Å²) in [5.74, 6) is 1.39. The molecule has 96 valence electrons. The van der Waals surface area contributed by atoms with Gasteiger partial charge < -0.3 is 9.40 Å². The second-order valence-electron chi connectivity index (χ2n) is 4.19. The summed E-state index contributed by atoms with van der Waals surface area (Å²) in [6.45, 7) is 1.95. The molecular formula is C14H10Cl2N2O. The minimum Gasteiger partial charge on any atom is -0.461 e. The molecule has 0 aliphatic heterocycles. The number of aryl methyl sites for hydroxylation is 1. The van der Waals surface area contributed by atoms with E-state index in [2.05, 4.69) is 9.97 Å². The molecular weight excluding hydrogens is 283 g/mol. The van der Waals surface area contributed by atoms with Crippen LogP contribution in [0.3, 0.4) is 0 Å². The highest BCUT2D eigenvalue weighted by Crippen LogP contribution is 2.30. The average Bonchev–Trinajstić information content (AvgIpc) is 2.95. The summed E-state index contributed by atoms with van der Waals surface area (Å²) in [6.07, 6.45) is 1.61. The van der Waals surface area contributed by atoms with E-state index in [1.54, 1.807) is 12.3 Å². The zero-order valence-electron chi connectivity index (χ0n) is 10.1. The fourth-order valence-electron chi connectivity index (χ4n) is 1.96. The number of hydrogen-bond acceptors (Lipinski definition) is 2. The van der Waals surface area contributed by atoms with E-state index in [1.165, 1.54) is 0 Å². The first-order valence-electron chi connectivity index (χ1n) is 5.70. The Morgan fingerprint density at radius 2 is 1.89 bits per heavy atom. The predicted octanol–water partition coefficient (Wildman–Crippen LogP) is 4.95. The minimum absolute atomic E-state index is 0.587. The molecule has 0 bridgehead atoms. The van der Waals surface area contributed by atoms with Crippen molar-refractivity contribution in [2.45, 2.75) is 6.92 Å². The number of halogens is 2. The summed E-state index contributed by atoms with van der Waals surface area (Å²) in [5, 5.41) is 1.17. The summed E-state index contributed by atoms with van der Waals surface area (Å²) in [7, 11) is 0. The molecule has 0 amide bonds. The lowest BCUT2D eigenvalue weighted by Crippen LogP contribution is -1.82. The lowest BCUT2D eigenvalue weighted by molar-refractivity contribution is 0.578. The highest BCUT2D eigenvalue weighted by Gasteiger charge is 2.13. The van der Waals surface area contributed by atoms with Crippen LogP contribution in [-0.4, -0.2) is 9.97 Å². The standard InChI is InChI=1S/C14H10Cl2N2O/c1-8-13(9-5-10(15)7-11(16)6-9)18-14(17-8)12-3-2-4-19-12/h2-7H,1H3,(H,17,18). The van der Waals surface area contributed by atoms with Crippen molar-refractivity contribution in [1.82, 2.24) is 9.97 Å². The first-order chi connectivity index (χ1) is 9.13. The Bertz CT molecular complexity index is 697. The van der Waals surface area contributed by atoms with Crippen LogP contribution < -0.4 is 0 Å². The van der Waals surface area contributed by atoms with E-state index >= 15 is 0 Å². The van der Waals surface area contributed by atoms with Crippen molar-refractivity contribution in [1.29, 1.82) is 0 Å². The fourth-order valence-corrected chi connectivity index (χ4v) is 2.49. The highest BCUT2D eigenvalue weighted by molar-refractivity contribution is 6.35. The molecule has 3 nitrogen and oxygen atoms in total. The van der Waals surface area contributed by atoms with E-state index in [0.717, 1.165) is 17.0 Å². The number of imidazole rings is 1. The van der Waals surface area contributed by atoms with Gasteiger partial charge in [-0.3, -0.25) is 0 Å². The fraction of sp³-hybridized carbons (Fsp3) is 0.0714. The number of hydrogen-bond donors (Lipinski definition) is 1. The number of benzene rings is 1. The Morgan fingerprint density at radius 3 is 2.53 bits per heavy atom. The van der Waals surface area contributed by atoms with Gasteiger partial charge in [0.1, 0.15) is 0 Å². The van der Waals surface area contributed by atoms with Gasteiger partial charge >= 0.3 is 0 Å². The molecule has 0 saturated carbocycles. The van der Waals surface area contributed by atoms with Crippen LogP contribution in [0.1, 0.15) is 5.69 Å². The number of aromatic nitrogens is 2. The molecule has 2 aromatic heterocycles. The Morgan fingerprint density at radius 1 is 1.16 bits per heavy atom. The van der Waals surface area contributed by atoms with Crippen LogP contribution in [0.5, 0.6) is 0 Å². The molecule has 0 unspecified atom stereocenters. The van der Waals surface area contributed by atoms with E-state index < -0.39 is 0 Å². The van der Waals surface area contributed by atoms with Crippen LogP contribution in [0.25, 0.3) is 22.8 Å². The van der Waals surface area contributed by atoms with Gasteiger partial charge in [-0.25, -0.2) is 4.98 Å². The second kappa shape index (κ2) is 4.76. The summed E-state index contributed by atoms with van der Waals surface area (Å²) >= 11 is 12.0. The topological polar surface area (TPSA) is 41.8 Å². The van der Waals surface area contributed by atoms with Crippen molar-refractivity contribution in [2.24, 2.45) is 0 Å². The van der Waals surface area contributed by atoms with Gasteiger partial charge in [-0.1, -0.05) is 23.2 Å². The Kier molecular flexibility index (Phi) is 3.09. The van der Waals surface area contributed by atoms with Crippen molar-refractivity contribution in [2.75, 3.05) is 0 Å². The Labute approximate surface area is 120 Å². The maximum atomic E-state index is 6.02. The Balaban J connectivity index is 2.10. The molecule has 5 heteroatoms. The molecule has 3 rings (SSSR count). The van der Waals surface area contributed by atoms with Gasteiger partial charge in [0, 0.05) is 21.3 Å². The molecule has 0 aliphatic carbocycles. The molecule has 0 fully saturated rings. The van der Waals surface area contributed by atoms with Crippen molar-refractivity contribution in [3.63, 3.8) is 0 Å². The largest absolute Gasteiger partial charge is 0.461 e. The van der Waals surface area contributed by atoms with Crippen LogP contribution in [0.2, 0.25) is 10.0 Å². The predicted molar refractivity (Wildman–Crippen MR) is 76.5 cm³/mol. The van der Waals surface area contributed by atoms with E-state index in [-0.39, 0.29) is 0 Å². The molecule has 0 atom stereocenters. The number of nitrogens with one attached hydrogen (secondary N) is 1. The highest BCUT2D eigenvalue weighted by atomic mass is 35.5. The summed E-state index contributed by atoms with van der Waals surface area (Å²) in [6, 6.07) is 9.04. The van der Waals surface area contributed by atoms with Gasteiger partial charge in [0.05, 0.1) is 12.0 Å². The van der Waals surface area contributed by atoms with E-state index in [0.29, 0.717) is 21.6 Å². The van der Waals surface area contributed by atoms with Gasteiger partial charge in [-0.2, -0.15) is 0 Å². The van der Waals surface area contributed by atoms with Crippen LogP contribution in [0.4, 0.5) is 0 Å². The maximum absolute atomic E-state index is 6.02. The molecule has 1 N–H and O–H groups in total. The van der Waals surface area contributed by atoms with Crippen LogP contribution >= 0.6 is 23.2 Å². The number of nitrogens with zero attached hydrogens (tertiary/aromatic N) is 1. The maximum Gasteiger partial charge on any atom is 0.174 e. The van der Waals surface area contributed by atoms with Crippen LogP contribution in [0, 0.1) is 6.92 Å². The number of rotatable bonds is 2. The SMILES string of the molecule is Cc1[nH]c(-c2ccco2)nc1-c1cc(Cl)cc(Cl)c1. The zero-order valence-corrected chi connectivity index (χ0v) is 11.6. The second-order valence-corrected chi connectivity index (χ2v) is 5.07. The third kappa shape index (κ3) is 2.39. The lowest BCUT2D eigenvalue weighted by Gasteiger charge is -2.00. The smallest absolute Gasteiger partial charge is 0.174 e. The number of furan rings is 1. The summed E-state index contributed by atoms with van der Waals surface area (Å²) in [5.41, 5.74) is 2.63. The monoisotopic (exact) mass is 292 g/mol. The molecule has 3 aromatic rings.